The van der Waals surface area contributed by atoms with Crippen LogP contribution >= 0.6 is 0 Å². The van der Waals surface area contributed by atoms with Crippen LogP contribution in [0, 0.1) is 0 Å². The maximum absolute atomic E-state index is 4.37. The van der Waals surface area contributed by atoms with Gasteiger partial charge in [-0.3, -0.25) is 0 Å². The van der Waals surface area contributed by atoms with Gasteiger partial charge >= 0.3 is 0 Å². The zero-order valence-corrected chi connectivity index (χ0v) is 11.4. The van der Waals surface area contributed by atoms with E-state index in [-0.39, 0.29) is 0 Å². The molecule has 0 aromatic carbocycles. The number of hydrogen-bond acceptors (Lipinski definition) is 3. The van der Waals surface area contributed by atoms with Crippen molar-refractivity contribution in [2.45, 2.75) is 39.3 Å². The summed E-state index contributed by atoms with van der Waals surface area (Å²) in [5.41, 5.74) is 0. The molecule has 0 aliphatic heterocycles. The first-order chi connectivity index (χ1) is 8.24. The Morgan fingerprint density at radius 2 is 2.18 bits per heavy atom. The fraction of sp³-hybridized carbons (Fsp3) is 0.769. The van der Waals surface area contributed by atoms with E-state index in [4.69, 9.17) is 0 Å². The van der Waals surface area contributed by atoms with Gasteiger partial charge in [0.2, 0.25) is 0 Å². The molecule has 17 heavy (non-hydrogen) atoms. The summed E-state index contributed by atoms with van der Waals surface area (Å²) in [6.07, 6.45) is 7.59. The van der Waals surface area contributed by atoms with E-state index in [1.54, 1.807) is 0 Å². The molecule has 98 valence electrons. The van der Waals surface area contributed by atoms with Crippen molar-refractivity contribution in [1.82, 2.24) is 19.8 Å². The summed E-state index contributed by atoms with van der Waals surface area (Å²) < 4.78 is 2.23. The van der Waals surface area contributed by atoms with Gasteiger partial charge < -0.3 is 14.8 Å². The third-order valence-electron chi connectivity index (χ3n) is 2.76. The number of nitrogens with one attached hydrogen (secondary N) is 1. The molecule has 1 aromatic rings. The van der Waals surface area contributed by atoms with Gasteiger partial charge in [-0.25, -0.2) is 4.98 Å². The third kappa shape index (κ3) is 5.84. The van der Waals surface area contributed by atoms with Crippen molar-refractivity contribution in [2.24, 2.45) is 0 Å². The normalized spacial score (nSPS) is 11.3. The van der Waals surface area contributed by atoms with Gasteiger partial charge in [0, 0.05) is 18.9 Å². The highest BCUT2D eigenvalue weighted by molar-refractivity contribution is 4.91. The molecule has 0 amide bonds. The third-order valence-corrected chi connectivity index (χ3v) is 2.76. The summed E-state index contributed by atoms with van der Waals surface area (Å²) in [5, 5.41) is 3.46. The topological polar surface area (TPSA) is 33.1 Å². The lowest BCUT2D eigenvalue weighted by molar-refractivity contribution is 0.391. The van der Waals surface area contributed by atoms with Crippen LogP contribution in [0.2, 0.25) is 0 Å². The Morgan fingerprint density at radius 1 is 1.35 bits per heavy atom. The van der Waals surface area contributed by atoms with Crippen LogP contribution in [0.4, 0.5) is 0 Å². The first-order valence-electron chi connectivity index (χ1n) is 6.59. The van der Waals surface area contributed by atoms with Gasteiger partial charge in [-0.15, -0.1) is 0 Å². The zero-order chi connectivity index (χ0) is 12.5. The molecule has 0 saturated heterocycles. The van der Waals surface area contributed by atoms with Crippen LogP contribution in [-0.2, 0) is 13.1 Å². The average molecular weight is 238 g/mol. The highest BCUT2D eigenvalue weighted by Gasteiger charge is 2.00. The first-order valence-corrected chi connectivity index (χ1v) is 6.59. The van der Waals surface area contributed by atoms with Crippen molar-refractivity contribution in [3.63, 3.8) is 0 Å². The minimum absolute atomic E-state index is 0.884. The average Bonchev–Trinajstić information content (AvgIpc) is 2.71. The van der Waals surface area contributed by atoms with Crippen LogP contribution in [0.25, 0.3) is 0 Å². The molecule has 0 saturated carbocycles. The van der Waals surface area contributed by atoms with Gasteiger partial charge in [0.15, 0.2) is 0 Å². The molecule has 1 heterocycles. The van der Waals surface area contributed by atoms with E-state index >= 15 is 0 Å². The van der Waals surface area contributed by atoms with Gasteiger partial charge in [0.25, 0.3) is 0 Å². The summed E-state index contributed by atoms with van der Waals surface area (Å²) >= 11 is 0. The van der Waals surface area contributed by atoms with Crippen LogP contribution in [-0.4, -0.2) is 41.6 Å². The molecule has 0 atom stereocenters. The van der Waals surface area contributed by atoms with E-state index in [1.165, 1.54) is 19.4 Å². The lowest BCUT2D eigenvalue weighted by Crippen LogP contribution is -2.20. The monoisotopic (exact) mass is 238 g/mol. The number of aryl methyl sites for hydroxylation is 1. The molecule has 1 aromatic heterocycles. The molecule has 4 nitrogen and oxygen atoms in total. The standard InChI is InChI=1S/C13H26N4/c1-4-9-17-11-8-15-13(17)12-14-7-5-6-10-16(2)3/h8,11,14H,4-7,9-10,12H2,1-3H3. The number of rotatable bonds is 9. The highest BCUT2D eigenvalue weighted by Crippen LogP contribution is 1.99. The van der Waals surface area contributed by atoms with Crippen molar-refractivity contribution < 1.29 is 0 Å². The molecule has 0 fully saturated rings. The maximum Gasteiger partial charge on any atom is 0.122 e. The maximum atomic E-state index is 4.37. The smallest absolute Gasteiger partial charge is 0.122 e. The predicted octanol–water partition coefficient (Wildman–Crippen LogP) is 1.72. The largest absolute Gasteiger partial charge is 0.334 e. The summed E-state index contributed by atoms with van der Waals surface area (Å²) in [5.74, 6) is 1.15. The molecule has 0 unspecified atom stereocenters. The first kappa shape index (κ1) is 14.2. The summed E-state index contributed by atoms with van der Waals surface area (Å²) in [6, 6.07) is 0. The van der Waals surface area contributed by atoms with Crippen molar-refractivity contribution in [3.05, 3.63) is 18.2 Å². The van der Waals surface area contributed by atoms with Crippen molar-refractivity contribution >= 4 is 0 Å². The highest BCUT2D eigenvalue weighted by atomic mass is 15.1. The van der Waals surface area contributed by atoms with Gasteiger partial charge in [0.05, 0.1) is 6.54 Å². The second kappa shape index (κ2) is 8.25. The number of aromatic nitrogens is 2. The molecule has 4 heteroatoms. The van der Waals surface area contributed by atoms with Crippen LogP contribution in [0.3, 0.4) is 0 Å². The molecule has 1 N–H and O–H groups in total. The number of unbranched alkanes of at least 4 members (excludes halogenated alkanes) is 1. The summed E-state index contributed by atoms with van der Waals surface area (Å²) in [7, 11) is 4.24. The quantitative estimate of drug-likeness (QED) is 0.665. The lowest BCUT2D eigenvalue weighted by Gasteiger charge is -2.10. The molecule has 0 spiro atoms. The lowest BCUT2D eigenvalue weighted by atomic mass is 10.3. The Balaban J connectivity index is 2.11. The van der Waals surface area contributed by atoms with Crippen molar-refractivity contribution in [1.29, 1.82) is 0 Å². The predicted molar refractivity (Wildman–Crippen MR) is 72.0 cm³/mol. The van der Waals surface area contributed by atoms with E-state index in [2.05, 4.69) is 47.0 Å². The van der Waals surface area contributed by atoms with Gasteiger partial charge in [0.1, 0.15) is 5.82 Å². The molecule has 0 bridgehead atoms. The van der Waals surface area contributed by atoms with E-state index in [1.807, 2.05) is 6.20 Å². The van der Waals surface area contributed by atoms with Gasteiger partial charge in [-0.2, -0.15) is 0 Å². The van der Waals surface area contributed by atoms with Gasteiger partial charge in [-0.1, -0.05) is 6.92 Å². The van der Waals surface area contributed by atoms with Crippen LogP contribution in [0.5, 0.6) is 0 Å². The Morgan fingerprint density at radius 3 is 2.88 bits per heavy atom. The number of hydrogen-bond donors (Lipinski definition) is 1. The second-order valence-corrected chi connectivity index (χ2v) is 4.72. The molecular weight excluding hydrogens is 212 g/mol. The van der Waals surface area contributed by atoms with Gasteiger partial charge in [-0.05, 0) is 46.4 Å². The molecule has 0 radical (unpaired) electrons. The second-order valence-electron chi connectivity index (χ2n) is 4.72. The number of imidazole rings is 1. The van der Waals surface area contributed by atoms with E-state index in [0.29, 0.717) is 0 Å². The molecule has 1 rings (SSSR count). The Kier molecular flexibility index (Phi) is 6.89. The van der Waals surface area contributed by atoms with Crippen LogP contribution < -0.4 is 5.32 Å². The molecular formula is C13H26N4. The fourth-order valence-corrected chi connectivity index (χ4v) is 1.83. The fourth-order valence-electron chi connectivity index (χ4n) is 1.83. The molecule has 0 aliphatic rings. The van der Waals surface area contributed by atoms with E-state index in [9.17, 15) is 0 Å². The SMILES string of the molecule is CCCn1ccnc1CNCCCCN(C)C. The van der Waals surface area contributed by atoms with Crippen molar-refractivity contribution in [3.8, 4) is 0 Å². The summed E-state index contributed by atoms with van der Waals surface area (Å²) in [4.78, 5) is 6.60. The van der Waals surface area contributed by atoms with Crippen LogP contribution in [0.1, 0.15) is 32.0 Å². The minimum Gasteiger partial charge on any atom is -0.334 e. The minimum atomic E-state index is 0.884. The van der Waals surface area contributed by atoms with Crippen LogP contribution in [0.15, 0.2) is 12.4 Å². The number of nitrogens with zero attached hydrogens (tertiary/aromatic N) is 3. The van der Waals surface area contributed by atoms with E-state index in [0.717, 1.165) is 31.9 Å². The molecule has 0 aliphatic carbocycles. The Bertz CT molecular complexity index is 293. The zero-order valence-electron chi connectivity index (χ0n) is 11.4. The van der Waals surface area contributed by atoms with E-state index < -0.39 is 0 Å². The van der Waals surface area contributed by atoms with Crippen molar-refractivity contribution in [2.75, 3.05) is 27.2 Å². The summed E-state index contributed by atoms with van der Waals surface area (Å²) in [6.45, 7) is 6.39. The Hall–Kier alpha value is -0.870. The Labute approximate surface area is 105 Å².